The molecule has 1 atom stereocenters. The lowest BCUT2D eigenvalue weighted by molar-refractivity contribution is 0.0439. The van der Waals surface area contributed by atoms with Gasteiger partial charge in [-0.05, 0) is 30.5 Å². The summed E-state index contributed by atoms with van der Waals surface area (Å²) >= 11 is 0. The first-order chi connectivity index (χ1) is 10.4. The molecule has 118 valence electrons. The van der Waals surface area contributed by atoms with Crippen molar-refractivity contribution in [2.24, 2.45) is 5.92 Å². The fourth-order valence-electron chi connectivity index (χ4n) is 2.11. The second kappa shape index (κ2) is 6.60. The van der Waals surface area contributed by atoms with E-state index in [1.54, 1.807) is 12.1 Å². The maximum atomic E-state index is 13.9. The van der Waals surface area contributed by atoms with E-state index < -0.39 is 11.9 Å². The van der Waals surface area contributed by atoms with E-state index in [4.69, 9.17) is 10.5 Å². The predicted octanol–water partition coefficient (Wildman–Crippen LogP) is 3.03. The van der Waals surface area contributed by atoms with E-state index in [0.29, 0.717) is 5.69 Å². The summed E-state index contributed by atoms with van der Waals surface area (Å²) in [5.41, 5.74) is 7.06. The maximum absolute atomic E-state index is 13.9. The molecule has 0 saturated heterocycles. The summed E-state index contributed by atoms with van der Waals surface area (Å²) < 4.78 is 20.5. The lowest BCUT2D eigenvalue weighted by Crippen LogP contribution is -2.18. The van der Waals surface area contributed by atoms with Gasteiger partial charge < -0.3 is 15.0 Å². The van der Waals surface area contributed by atoms with E-state index in [1.165, 1.54) is 10.9 Å². The first-order valence-corrected chi connectivity index (χ1v) is 7.15. The molecule has 0 spiro atoms. The molecular weight excluding hydrogens is 285 g/mol. The van der Waals surface area contributed by atoms with Crippen LogP contribution >= 0.6 is 0 Å². The molecule has 1 aromatic carbocycles. The van der Waals surface area contributed by atoms with Crippen molar-refractivity contribution in [3.05, 3.63) is 47.8 Å². The molecule has 0 aliphatic carbocycles. The Morgan fingerprint density at radius 1 is 1.41 bits per heavy atom. The number of nitrogen functional groups attached to an aromatic ring is 1. The van der Waals surface area contributed by atoms with E-state index in [9.17, 15) is 9.18 Å². The van der Waals surface area contributed by atoms with Gasteiger partial charge in [-0.15, -0.1) is 0 Å². The molecule has 0 fully saturated rings. The minimum atomic E-state index is -0.829. The van der Waals surface area contributed by atoms with Crippen LogP contribution in [-0.2, 0) is 4.74 Å². The van der Waals surface area contributed by atoms with E-state index in [2.05, 4.69) is 4.98 Å². The Labute approximate surface area is 128 Å². The normalized spacial score (nSPS) is 12.4. The number of benzene rings is 1. The lowest BCUT2D eigenvalue weighted by atomic mass is 10.1. The first kappa shape index (κ1) is 16.0. The topological polar surface area (TPSA) is 70.1 Å². The fourth-order valence-corrected chi connectivity index (χ4v) is 2.11. The van der Waals surface area contributed by atoms with Gasteiger partial charge in [-0.3, -0.25) is 0 Å². The van der Waals surface area contributed by atoms with Gasteiger partial charge in [0.05, 0.1) is 19.0 Å². The lowest BCUT2D eigenvalue weighted by Gasteiger charge is -2.17. The molecule has 0 aliphatic heterocycles. The Morgan fingerprint density at radius 2 is 2.14 bits per heavy atom. The minimum absolute atomic E-state index is 0.171. The summed E-state index contributed by atoms with van der Waals surface area (Å²) in [6.07, 6.45) is 1.30. The third-order valence-electron chi connectivity index (χ3n) is 3.30. The summed E-state index contributed by atoms with van der Waals surface area (Å²) in [7, 11) is 0. The van der Waals surface area contributed by atoms with Crippen molar-refractivity contribution in [1.29, 1.82) is 0 Å². The zero-order chi connectivity index (χ0) is 16.3. The van der Waals surface area contributed by atoms with Gasteiger partial charge in [-0.1, -0.05) is 26.0 Å². The monoisotopic (exact) mass is 305 g/mol. The van der Waals surface area contributed by atoms with Crippen LogP contribution in [0, 0.1) is 11.9 Å². The Balaban J connectivity index is 2.30. The van der Waals surface area contributed by atoms with Crippen LogP contribution in [0.1, 0.15) is 42.9 Å². The molecule has 2 aromatic rings. The van der Waals surface area contributed by atoms with Crippen molar-refractivity contribution in [2.45, 2.75) is 26.8 Å². The molecule has 0 saturated carbocycles. The maximum Gasteiger partial charge on any atom is 0.359 e. The van der Waals surface area contributed by atoms with E-state index in [0.717, 1.165) is 5.56 Å². The van der Waals surface area contributed by atoms with Crippen molar-refractivity contribution >= 4 is 11.7 Å². The number of aromatic nitrogens is 2. The van der Waals surface area contributed by atoms with E-state index in [-0.39, 0.29) is 24.3 Å². The number of rotatable bonds is 5. The van der Waals surface area contributed by atoms with Crippen LogP contribution in [0.25, 0.3) is 0 Å². The average Bonchev–Trinajstić information content (AvgIpc) is 2.85. The highest BCUT2D eigenvalue weighted by molar-refractivity contribution is 5.87. The molecule has 0 radical (unpaired) electrons. The summed E-state index contributed by atoms with van der Waals surface area (Å²) in [5.74, 6) is -1.36. The number of imidazole rings is 1. The zero-order valence-electron chi connectivity index (χ0n) is 12.9. The van der Waals surface area contributed by atoms with Crippen LogP contribution in [0.3, 0.4) is 0 Å². The minimum Gasteiger partial charge on any atom is -0.461 e. The molecule has 22 heavy (non-hydrogen) atoms. The van der Waals surface area contributed by atoms with Crippen LogP contribution in [0.15, 0.2) is 30.6 Å². The number of hydrogen-bond acceptors (Lipinski definition) is 4. The van der Waals surface area contributed by atoms with Crippen LogP contribution in [0.2, 0.25) is 0 Å². The van der Waals surface area contributed by atoms with Crippen molar-refractivity contribution < 1.29 is 13.9 Å². The Hall–Kier alpha value is -2.37. The third kappa shape index (κ3) is 3.44. The molecule has 6 heteroatoms. The SMILES string of the molecule is CC(C)COC(=O)c1c(F)ncn1[C@H](C)c1cccc(N)c1. The van der Waals surface area contributed by atoms with E-state index in [1.807, 2.05) is 32.9 Å². The van der Waals surface area contributed by atoms with Crippen molar-refractivity contribution in [3.8, 4) is 0 Å². The second-order valence-corrected chi connectivity index (χ2v) is 5.63. The number of carbonyl (C=O) groups excluding carboxylic acids is 1. The van der Waals surface area contributed by atoms with E-state index >= 15 is 0 Å². The van der Waals surface area contributed by atoms with Gasteiger partial charge in [0.2, 0.25) is 5.95 Å². The van der Waals surface area contributed by atoms with Gasteiger partial charge in [0.25, 0.3) is 0 Å². The van der Waals surface area contributed by atoms with Crippen LogP contribution in [0.4, 0.5) is 10.1 Å². The number of esters is 1. The molecule has 5 nitrogen and oxygen atoms in total. The van der Waals surface area contributed by atoms with Gasteiger partial charge in [-0.2, -0.15) is 4.39 Å². The van der Waals surface area contributed by atoms with Crippen molar-refractivity contribution in [3.63, 3.8) is 0 Å². The molecule has 2 N–H and O–H groups in total. The number of carbonyl (C=O) groups is 1. The van der Waals surface area contributed by atoms with Crippen molar-refractivity contribution in [1.82, 2.24) is 9.55 Å². The van der Waals surface area contributed by atoms with Crippen LogP contribution in [0.5, 0.6) is 0 Å². The van der Waals surface area contributed by atoms with Crippen LogP contribution < -0.4 is 5.73 Å². The smallest absolute Gasteiger partial charge is 0.359 e. The van der Waals surface area contributed by atoms with Gasteiger partial charge in [0, 0.05) is 5.69 Å². The Morgan fingerprint density at radius 3 is 2.77 bits per heavy atom. The molecule has 0 unspecified atom stereocenters. The number of anilines is 1. The quantitative estimate of drug-likeness (QED) is 0.681. The second-order valence-electron chi connectivity index (χ2n) is 5.63. The standard InChI is InChI=1S/C16H20FN3O2/c1-10(2)8-22-16(21)14-15(17)19-9-20(14)11(3)12-5-4-6-13(18)7-12/h4-7,9-11H,8,18H2,1-3H3/t11-/m1/s1. The molecule has 0 amide bonds. The van der Waals surface area contributed by atoms with Gasteiger partial charge in [0.1, 0.15) is 0 Å². The molecular formula is C16H20FN3O2. The summed E-state index contributed by atoms with van der Waals surface area (Å²) in [6, 6.07) is 6.93. The van der Waals surface area contributed by atoms with Gasteiger partial charge in [0.15, 0.2) is 5.69 Å². The first-order valence-electron chi connectivity index (χ1n) is 7.15. The fraction of sp³-hybridized carbons (Fsp3) is 0.375. The van der Waals surface area contributed by atoms with Crippen molar-refractivity contribution in [2.75, 3.05) is 12.3 Å². The molecule has 0 aliphatic rings. The summed E-state index contributed by atoms with van der Waals surface area (Å²) in [6.45, 7) is 5.90. The summed E-state index contributed by atoms with van der Waals surface area (Å²) in [4.78, 5) is 15.7. The largest absolute Gasteiger partial charge is 0.461 e. The van der Waals surface area contributed by atoms with Crippen LogP contribution in [-0.4, -0.2) is 22.1 Å². The average molecular weight is 305 g/mol. The van der Waals surface area contributed by atoms with Gasteiger partial charge >= 0.3 is 5.97 Å². The van der Waals surface area contributed by atoms with Gasteiger partial charge in [-0.25, -0.2) is 9.78 Å². The Kier molecular flexibility index (Phi) is 4.80. The highest BCUT2D eigenvalue weighted by atomic mass is 19.1. The zero-order valence-corrected chi connectivity index (χ0v) is 12.9. The summed E-state index contributed by atoms with van der Waals surface area (Å²) in [5, 5.41) is 0. The number of hydrogen-bond donors (Lipinski definition) is 1. The Bertz CT molecular complexity index is 667. The number of ether oxygens (including phenoxy) is 1. The highest BCUT2D eigenvalue weighted by Crippen LogP contribution is 2.23. The number of halogens is 1. The molecule has 2 rings (SSSR count). The molecule has 1 heterocycles. The predicted molar refractivity (Wildman–Crippen MR) is 82.0 cm³/mol. The highest BCUT2D eigenvalue weighted by Gasteiger charge is 2.24. The molecule has 1 aromatic heterocycles. The molecule has 0 bridgehead atoms. The number of nitrogens with two attached hydrogens (primary N) is 1. The number of nitrogens with zero attached hydrogens (tertiary/aromatic N) is 2. The third-order valence-corrected chi connectivity index (χ3v) is 3.30.